The van der Waals surface area contributed by atoms with Crippen LogP contribution in [0.5, 0.6) is 0 Å². The van der Waals surface area contributed by atoms with Crippen LogP contribution in [0.25, 0.3) is 0 Å². The number of nitrogens with zero attached hydrogens (tertiary/aromatic N) is 2. The Bertz CT molecular complexity index is 475. The topological polar surface area (TPSA) is 90.0 Å². The third-order valence-corrected chi connectivity index (χ3v) is 3.49. The van der Waals surface area contributed by atoms with Crippen molar-refractivity contribution in [3.05, 3.63) is 18.2 Å². The van der Waals surface area contributed by atoms with Crippen molar-refractivity contribution in [2.24, 2.45) is 7.05 Å². The van der Waals surface area contributed by atoms with Crippen molar-refractivity contribution in [3.63, 3.8) is 0 Å². The number of aryl methyl sites for hydroxylation is 1. The summed E-state index contributed by atoms with van der Waals surface area (Å²) in [6.45, 7) is 2.01. The quantitative estimate of drug-likeness (QED) is 0.292. The van der Waals surface area contributed by atoms with Gasteiger partial charge in [0.2, 0.25) is 0 Å². The Hall–Kier alpha value is -1.49. The number of imidazole rings is 1. The molecule has 1 aromatic heterocycles. The third kappa shape index (κ3) is 5.42. The summed E-state index contributed by atoms with van der Waals surface area (Å²) in [5.74, 6) is 0. The van der Waals surface area contributed by atoms with Crippen LogP contribution in [0.2, 0.25) is 0 Å². The van der Waals surface area contributed by atoms with E-state index in [-0.39, 0.29) is 12.1 Å². The average Bonchev–Trinajstić information content (AvgIpc) is 2.90. The van der Waals surface area contributed by atoms with Gasteiger partial charge in [-0.3, -0.25) is 10.9 Å². The van der Waals surface area contributed by atoms with Gasteiger partial charge in [0.1, 0.15) is 0 Å². The summed E-state index contributed by atoms with van der Waals surface area (Å²) in [5, 5.41) is 6.71. The molecular formula is C11H22N8S2. The molecule has 1 rings (SSSR count). The van der Waals surface area contributed by atoms with Crippen LogP contribution in [0.3, 0.4) is 0 Å². The highest BCUT2D eigenvalue weighted by molar-refractivity contribution is 7.80. The molecule has 0 amide bonds. The number of nitrogens with one attached hydrogen (secondary N) is 6. The zero-order valence-corrected chi connectivity index (χ0v) is 14.2. The van der Waals surface area contributed by atoms with E-state index in [0.717, 1.165) is 5.69 Å². The molecule has 118 valence electrons. The predicted octanol–water partition coefficient (Wildman–Crippen LogP) is -0.953. The average molecular weight is 330 g/mol. The SMILES string of the molecule is CNC(=S)NNC(C)C(NNC(=S)NC)c1cncn1C. The lowest BCUT2D eigenvalue weighted by atomic mass is 10.1. The third-order valence-electron chi connectivity index (χ3n) is 2.88. The maximum atomic E-state index is 5.07. The Balaban J connectivity index is 2.74. The van der Waals surface area contributed by atoms with Gasteiger partial charge in [0.15, 0.2) is 10.2 Å². The number of aromatic nitrogens is 2. The van der Waals surface area contributed by atoms with Crippen LogP contribution in [-0.2, 0) is 7.05 Å². The van der Waals surface area contributed by atoms with E-state index in [1.807, 2.05) is 18.5 Å². The van der Waals surface area contributed by atoms with Crippen LogP contribution >= 0.6 is 24.4 Å². The molecule has 0 aromatic carbocycles. The molecule has 2 unspecified atom stereocenters. The van der Waals surface area contributed by atoms with E-state index in [2.05, 4.69) is 37.3 Å². The molecule has 10 heteroatoms. The molecule has 1 aromatic rings. The maximum absolute atomic E-state index is 5.07. The number of hydrogen-bond donors (Lipinski definition) is 6. The van der Waals surface area contributed by atoms with E-state index in [1.54, 1.807) is 26.6 Å². The lowest BCUT2D eigenvalue weighted by Crippen LogP contribution is -2.54. The Labute approximate surface area is 135 Å². The highest BCUT2D eigenvalue weighted by atomic mass is 32.1. The second kappa shape index (κ2) is 8.72. The summed E-state index contributed by atoms with van der Waals surface area (Å²) in [4.78, 5) is 4.14. The summed E-state index contributed by atoms with van der Waals surface area (Å²) >= 11 is 10.1. The predicted molar refractivity (Wildman–Crippen MR) is 91.3 cm³/mol. The fourth-order valence-corrected chi connectivity index (χ4v) is 1.77. The zero-order valence-electron chi connectivity index (χ0n) is 12.5. The van der Waals surface area contributed by atoms with E-state index in [9.17, 15) is 0 Å². The van der Waals surface area contributed by atoms with Gasteiger partial charge in [-0.2, -0.15) is 0 Å². The van der Waals surface area contributed by atoms with Crippen molar-refractivity contribution in [1.82, 2.24) is 41.9 Å². The lowest BCUT2D eigenvalue weighted by Gasteiger charge is -2.27. The Morgan fingerprint density at radius 2 is 1.71 bits per heavy atom. The standard InChI is InChI=1S/C11H22N8S2/c1-7(15-17-10(20)12-2)9(16-18-11(21)13-3)8-5-14-6-19(8)4/h5-7,9,15-16H,1-4H3,(H2,12,17,20)(H2,13,18,21). The maximum Gasteiger partial charge on any atom is 0.180 e. The first-order valence-corrected chi connectivity index (χ1v) is 7.24. The van der Waals surface area contributed by atoms with Gasteiger partial charge in [-0.05, 0) is 31.4 Å². The fourth-order valence-electron chi connectivity index (χ4n) is 1.65. The Morgan fingerprint density at radius 3 is 2.19 bits per heavy atom. The molecule has 8 nitrogen and oxygen atoms in total. The highest BCUT2D eigenvalue weighted by Crippen LogP contribution is 2.14. The molecule has 6 N–H and O–H groups in total. The molecule has 0 spiro atoms. The van der Waals surface area contributed by atoms with Crippen LogP contribution < -0.4 is 32.3 Å². The van der Waals surface area contributed by atoms with E-state index in [1.165, 1.54) is 0 Å². The van der Waals surface area contributed by atoms with Crippen LogP contribution in [0, 0.1) is 0 Å². The van der Waals surface area contributed by atoms with E-state index in [4.69, 9.17) is 24.4 Å². The van der Waals surface area contributed by atoms with Gasteiger partial charge >= 0.3 is 0 Å². The van der Waals surface area contributed by atoms with Crippen molar-refractivity contribution in [3.8, 4) is 0 Å². The van der Waals surface area contributed by atoms with Crippen molar-refractivity contribution in [2.75, 3.05) is 14.1 Å². The van der Waals surface area contributed by atoms with Crippen LogP contribution in [0.4, 0.5) is 0 Å². The first-order valence-electron chi connectivity index (χ1n) is 6.42. The molecule has 0 bridgehead atoms. The van der Waals surface area contributed by atoms with E-state index >= 15 is 0 Å². The second-order valence-corrected chi connectivity index (χ2v) is 5.21. The number of hydrogen-bond acceptors (Lipinski definition) is 5. The molecule has 0 aliphatic rings. The van der Waals surface area contributed by atoms with Crippen LogP contribution in [-0.4, -0.2) is 39.9 Å². The second-order valence-electron chi connectivity index (χ2n) is 4.39. The van der Waals surface area contributed by atoms with Gasteiger partial charge in [0.05, 0.1) is 18.1 Å². The Kier molecular flexibility index (Phi) is 7.29. The molecule has 0 aliphatic carbocycles. The van der Waals surface area contributed by atoms with Crippen molar-refractivity contribution >= 4 is 34.7 Å². The van der Waals surface area contributed by atoms with Gasteiger partial charge in [-0.1, -0.05) is 0 Å². The zero-order chi connectivity index (χ0) is 15.8. The van der Waals surface area contributed by atoms with Gasteiger partial charge in [0.25, 0.3) is 0 Å². The molecule has 0 fully saturated rings. The monoisotopic (exact) mass is 330 g/mol. The molecule has 2 atom stereocenters. The minimum absolute atomic E-state index is 0.00106. The molecule has 1 heterocycles. The Morgan fingerprint density at radius 1 is 1.14 bits per heavy atom. The van der Waals surface area contributed by atoms with Crippen LogP contribution in [0.15, 0.2) is 12.5 Å². The molecule has 21 heavy (non-hydrogen) atoms. The first kappa shape index (κ1) is 17.6. The minimum Gasteiger partial charge on any atom is -0.365 e. The molecular weight excluding hydrogens is 308 g/mol. The summed E-state index contributed by atoms with van der Waals surface area (Å²) in [7, 11) is 5.45. The van der Waals surface area contributed by atoms with E-state index < -0.39 is 0 Å². The summed E-state index contributed by atoms with van der Waals surface area (Å²) < 4.78 is 1.94. The van der Waals surface area contributed by atoms with Crippen LogP contribution in [0.1, 0.15) is 18.7 Å². The molecule has 0 saturated heterocycles. The van der Waals surface area contributed by atoms with Gasteiger partial charge in [-0.15, -0.1) is 0 Å². The lowest BCUT2D eigenvalue weighted by molar-refractivity contribution is 0.358. The largest absolute Gasteiger partial charge is 0.365 e. The van der Waals surface area contributed by atoms with Gasteiger partial charge in [0, 0.05) is 33.4 Å². The summed E-state index contributed by atoms with van der Waals surface area (Å²) in [6, 6.07) is -0.0881. The van der Waals surface area contributed by atoms with Crippen molar-refractivity contribution < 1.29 is 0 Å². The number of rotatable bonds is 6. The molecule has 0 radical (unpaired) electrons. The van der Waals surface area contributed by atoms with Gasteiger partial charge < -0.3 is 15.2 Å². The smallest absolute Gasteiger partial charge is 0.180 e. The van der Waals surface area contributed by atoms with Gasteiger partial charge in [-0.25, -0.2) is 15.8 Å². The molecule has 0 aliphatic heterocycles. The number of thiocarbonyl (C=S) groups is 2. The first-order chi connectivity index (χ1) is 9.99. The summed E-state index contributed by atoms with van der Waals surface area (Å²) in [6.07, 6.45) is 3.55. The van der Waals surface area contributed by atoms with E-state index in [0.29, 0.717) is 10.2 Å². The highest BCUT2D eigenvalue weighted by Gasteiger charge is 2.22. The normalized spacial score (nSPS) is 13.1. The fraction of sp³-hybridized carbons (Fsp3) is 0.545. The number of hydrazine groups is 2. The molecule has 0 saturated carbocycles. The van der Waals surface area contributed by atoms with Crippen molar-refractivity contribution in [2.45, 2.75) is 19.0 Å². The minimum atomic E-state index is -0.0871. The summed E-state index contributed by atoms with van der Waals surface area (Å²) in [5.41, 5.74) is 13.2. The van der Waals surface area contributed by atoms with Crippen molar-refractivity contribution in [1.29, 1.82) is 0 Å².